The lowest BCUT2D eigenvalue weighted by molar-refractivity contribution is -0.313. The third-order valence-corrected chi connectivity index (χ3v) is 15.0. The van der Waals surface area contributed by atoms with Crippen molar-refractivity contribution < 1.29 is 62.6 Å². The number of amides is 1. The van der Waals surface area contributed by atoms with Crippen LogP contribution in [0.2, 0.25) is 0 Å². The number of hydrogen-bond donors (Lipinski definition) is 2. The van der Waals surface area contributed by atoms with E-state index in [-0.39, 0.29) is 54.4 Å². The summed E-state index contributed by atoms with van der Waals surface area (Å²) in [4.78, 5) is 68.0. The molecular weight excluding hydrogens is 931 g/mol. The predicted octanol–water partition coefficient (Wildman–Crippen LogP) is 10.4. The van der Waals surface area contributed by atoms with Gasteiger partial charge in [-0.2, -0.15) is 0 Å². The Labute approximate surface area is 439 Å². The number of carboxylic acid groups (broad SMARTS) is 1. The summed E-state index contributed by atoms with van der Waals surface area (Å²) in [5, 5.41) is 21.1. The van der Waals surface area contributed by atoms with E-state index in [4.69, 9.17) is 28.4 Å². The van der Waals surface area contributed by atoms with Gasteiger partial charge in [0.2, 0.25) is 5.79 Å². The van der Waals surface area contributed by atoms with E-state index >= 15 is 0 Å². The van der Waals surface area contributed by atoms with Crippen LogP contribution in [0.1, 0.15) is 173 Å². The molecule has 13 atom stereocenters. The molecule has 3 rings (SSSR count). The monoisotopic (exact) mass is 1030 g/mol. The Bertz CT molecular complexity index is 1880. The predicted molar refractivity (Wildman–Crippen MR) is 285 cm³/mol. The van der Waals surface area contributed by atoms with Crippen LogP contribution in [0.3, 0.4) is 0 Å². The van der Waals surface area contributed by atoms with Gasteiger partial charge in [-0.1, -0.05) is 76.6 Å². The van der Waals surface area contributed by atoms with Crippen molar-refractivity contribution in [2.75, 3.05) is 34.0 Å². The number of carbonyl (C=O) groups is 5. The van der Waals surface area contributed by atoms with Gasteiger partial charge in [-0.25, -0.2) is 4.79 Å². The molecule has 3 fully saturated rings. The van der Waals surface area contributed by atoms with E-state index in [1.807, 2.05) is 99.6 Å². The number of allylic oxidation sites excluding steroid dienone is 7. The van der Waals surface area contributed by atoms with Crippen LogP contribution < -0.4 is 0 Å². The first-order chi connectivity index (χ1) is 34.3. The topological polar surface area (TPSA) is 184 Å². The normalized spacial score (nSPS) is 27.2. The van der Waals surface area contributed by atoms with Crippen LogP contribution in [0.4, 0.5) is 0 Å². The zero-order chi connectivity index (χ0) is 54.6. The van der Waals surface area contributed by atoms with Crippen molar-refractivity contribution in [2.45, 2.75) is 227 Å². The number of methoxy groups -OCH3 is 2. The average Bonchev–Trinajstić information content (AvgIpc) is 3.33. The number of carbonyl (C=O) groups excluding carboxylic acids is 4. The van der Waals surface area contributed by atoms with Crippen molar-refractivity contribution in [3.8, 4) is 0 Å². The van der Waals surface area contributed by atoms with Gasteiger partial charge in [-0.3, -0.25) is 19.2 Å². The molecule has 2 aliphatic heterocycles. The molecule has 0 spiro atoms. The minimum Gasteiger partial charge on any atom is -0.480 e. The molecule has 14 heteroatoms. The van der Waals surface area contributed by atoms with Gasteiger partial charge in [0.05, 0.1) is 43.2 Å². The lowest BCUT2D eigenvalue weighted by Gasteiger charge is -2.47. The summed E-state index contributed by atoms with van der Waals surface area (Å²) in [7, 11) is 3.18. The molecule has 1 amide bonds. The number of likely N-dealkylation sites (tertiary alicyclic amines) is 1. The van der Waals surface area contributed by atoms with Gasteiger partial charge >= 0.3 is 5.97 Å². The van der Waals surface area contributed by atoms with Crippen molar-refractivity contribution >= 4 is 29.2 Å². The molecular formula is C59H97NO13. The van der Waals surface area contributed by atoms with Crippen molar-refractivity contribution in [1.29, 1.82) is 0 Å². The van der Waals surface area contributed by atoms with E-state index in [0.29, 0.717) is 88.4 Å². The van der Waals surface area contributed by atoms with E-state index in [9.17, 15) is 34.2 Å². The Morgan fingerprint density at radius 1 is 0.877 bits per heavy atom. The summed E-state index contributed by atoms with van der Waals surface area (Å²) >= 11 is 0. The summed E-state index contributed by atoms with van der Waals surface area (Å²) in [5.74, 6) is -4.97. The quantitative estimate of drug-likeness (QED) is 0.0300. The number of piperidine rings is 1. The number of aliphatic hydroxyl groups excluding tert-OH is 1. The fraction of sp³-hybridized carbons (Fsp3) is 0.780. The van der Waals surface area contributed by atoms with Gasteiger partial charge in [0.15, 0.2) is 5.78 Å². The fourth-order valence-electron chi connectivity index (χ4n) is 10.8. The Morgan fingerprint density at radius 3 is 2.23 bits per heavy atom. The van der Waals surface area contributed by atoms with Crippen LogP contribution in [0, 0.1) is 35.5 Å². The number of aliphatic hydroxyl groups is 1. The molecule has 73 heavy (non-hydrogen) atoms. The van der Waals surface area contributed by atoms with E-state index in [0.717, 1.165) is 37.7 Å². The van der Waals surface area contributed by atoms with Gasteiger partial charge in [0, 0.05) is 44.9 Å². The van der Waals surface area contributed by atoms with E-state index < -0.39 is 59.1 Å². The number of nitrogens with zero attached hydrogens (tertiary/aromatic N) is 1. The van der Waals surface area contributed by atoms with Crippen molar-refractivity contribution in [3.05, 3.63) is 47.6 Å². The lowest BCUT2D eigenvalue weighted by Crippen LogP contribution is -2.63. The van der Waals surface area contributed by atoms with Crippen molar-refractivity contribution in [1.82, 2.24) is 4.90 Å². The number of rotatable bonds is 30. The summed E-state index contributed by atoms with van der Waals surface area (Å²) in [6, 6.07) is -1.05. The Balaban J connectivity index is 1.47. The zero-order valence-electron chi connectivity index (χ0n) is 47.3. The highest BCUT2D eigenvalue weighted by atomic mass is 16.7. The molecule has 0 unspecified atom stereocenters. The first-order valence-electron chi connectivity index (χ1n) is 27.5. The molecule has 0 aromatic carbocycles. The van der Waals surface area contributed by atoms with Gasteiger partial charge in [0.25, 0.3) is 11.7 Å². The summed E-state index contributed by atoms with van der Waals surface area (Å²) in [6.45, 7) is 24.4. The first kappa shape index (κ1) is 63.9. The summed E-state index contributed by atoms with van der Waals surface area (Å²) in [6.07, 6.45) is 19.4. The highest BCUT2D eigenvalue weighted by molar-refractivity contribution is 6.39. The molecule has 1 aliphatic carbocycles. The molecule has 2 heterocycles. The summed E-state index contributed by atoms with van der Waals surface area (Å²) < 4.78 is 36.0. The van der Waals surface area contributed by atoms with Crippen LogP contribution in [-0.2, 0) is 52.4 Å². The second kappa shape index (κ2) is 31.0. The second-order valence-corrected chi connectivity index (χ2v) is 23.0. The highest BCUT2D eigenvalue weighted by Gasteiger charge is 2.56. The molecule has 14 nitrogen and oxygen atoms in total. The first-order valence-corrected chi connectivity index (χ1v) is 27.5. The molecule has 0 aromatic heterocycles. The number of ketones is 3. The number of aliphatic carboxylic acids is 1. The maximum Gasteiger partial charge on any atom is 0.326 e. The van der Waals surface area contributed by atoms with Gasteiger partial charge in [0.1, 0.15) is 24.0 Å². The largest absolute Gasteiger partial charge is 0.480 e. The molecule has 416 valence electrons. The van der Waals surface area contributed by atoms with E-state index in [1.54, 1.807) is 20.1 Å². The maximum atomic E-state index is 14.2. The second-order valence-electron chi connectivity index (χ2n) is 23.0. The van der Waals surface area contributed by atoms with Crippen LogP contribution in [0.25, 0.3) is 0 Å². The standard InChI is InChI=1S/C59H97NO13/c1-38(2)70-32-33-71-50-30-26-46(37-51(50)68-13)35-41(5)24-29-49(61)42(6)36-44(8)53(63)54(69-14)52(62)43(7)34-40(4)21-17-15-16-20-39(3)23-27-47-28-25-45(9)59(72-47,73-58(10,11)12)55(64)56(65)60-31-19-18-22-48(60)57(66)67/h15-17,20-21,36,38,40-43,45-48,50-51,53-54,63H,18-19,22-35,37H2,1-14H3,(H,66,67)/b16-15+,21-17+,39-20+,44-36+/t40-,41+,42-,43-,45-,46+,47-,48+,50-,51-,53-,54+,59+/m1/s1. The lowest BCUT2D eigenvalue weighted by atomic mass is 9.79. The SMILES string of the molecule is CO[C@@H]1C[C@H](C[C@@H](C)CCC(=O)[C@H](C)/C=C(\C)[C@@H](O)[C@@H](OC)C(=O)[C@H](C)C[C@H](C)/C=C/C=C/C=C(\C)CC[C@@H]2CC[C@@H](C)[C@](OC(C)(C)C)(C(=O)C(=O)N3CCCC[C@H]3C(=O)O)O2)CC[C@H]1OCCOC(C)C. The Kier molecular flexibility index (Phi) is 27.1. The molecule has 0 aromatic rings. The van der Waals surface area contributed by atoms with Crippen LogP contribution >= 0.6 is 0 Å². The highest BCUT2D eigenvalue weighted by Crippen LogP contribution is 2.41. The van der Waals surface area contributed by atoms with Crippen LogP contribution in [0.5, 0.6) is 0 Å². The minimum atomic E-state index is -1.82. The van der Waals surface area contributed by atoms with Gasteiger partial charge < -0.3 is 43.5 Å². The Morgan fingerprint density at radius 2 is 1.59 bits per heavy atom. The third kappa shape index (κ3) is 20.6. The van der Waals surface area contributed by atoms with Crippen molar-refractivity contribution in [3.63, 3.8) is 0 Å². The van der Waals surface area contributed by atoms with Crippen LogP contribution in [0.15, 0.2) is 47.6 Å². The van der Waals surface area contributed by atoms with E-state index in [1.165, 1.54) is 12.0 Å². The maximum absolute atomic E-state index is 14.2. The summed E-state index contributed by atoms with van der Waals surface area (Å²) in [5.41, 5.74) is 0.822. The molecule has 0 radical (unpaired) electrons. The number of Topliss-reactive ketones (excluding diaryl/α,β-unsaturated/α-hetero) is 3. The number of ether oxygens (including phenoxy) is 6. The number of carboxylic acids is 1. The van der Waals surface area contributed by atoms with Gasteiger partial charge in [-0.15, -0.1) is 0 Å². The molecule has 1 saturated carbocycles. The number of hydrogen-bond acceptors (Lipinski definition) is 12. The molecule has 3 aliphatic rings. The van der Waals surface area contributed by atoms with Crippen LogP contribution in [-0.4, -0.2) is 132 Å². The zero-order valence-corrected chi connectivity index (χ0v) is 47.3. The van der Waals surface area contributed by atoms with Crippen molar-refractivity contribution in [2.24, 2.45) is 35.5 Å². The average molecular weight is 1030 g/mol. The van der Waals surface area contributed by atoms with E-state index in [2.05, 4.69) is 6.92 Å². The molecule has 2 N–H and O–H groups in total. The van der Waals surface area contributed by atoms with Gasteiger partial charge in [-0.05, 0) is 155 Å². The third-order valence-electron chi connectivity index (χ3n) is 15.0. The Hall–Kier alpha value is -3.37. The minimum absolute atomic E-state index is 0.0585. The molecule has 0 bridgehead atoms. The smallest absolute Gasteiger partial charge is 0.326 e. The fourth-order valence-corrected chi connectivity index (χ4v) is 10.8. The molecule has 2 saturated heterocycles.